The Kier molecular flexibility index (Phi) is 5.63. The van der Waals surface area contributed by atoms with E-state index in [9.17, 15) is 9.59 Å². The molecule has 1 aliphatic rings. The van der Waals surface area contributed by atoms with Crippen LogP contribution in [0.15, 0.2) is 43.1 Å². The summed E-state index contributed by atoms with van der Waals surface area (Å²) in [7, 11) is 0. The van der Waals surface area contributed by atoms with E-state index in [1.807, 2.05) is 6.92 Å². The maximum atomic E-state index is 12.0. The Bertz CT molecular complexity index is 669. The van der Waals surface area contributed by atoms with E-state index >= 15 is 0 Å². The molecule has 1 fully saturated rings. The summed E-state index contributed by atoms with van der Waals surface area (Å²) in [6.45, 7) is 11.6. The highest BCUT2D eigenvalue weighted by Gasteiger charge is 2.36. The van der Waals surface area contributed by atoms with Crippen molar-refractivity contribution in [1.82, 2.24) is 10.6 Å². The average Bonchev–Trinajstić information content (AvgIpc) is 2.52. The van der Waals surface area contributed by atoms with Gasteiger partial charge in [0, 0.05) is 5.70 Å². The molecule has 2 amide bonds. The molecular formula is C18H22N2O4. The maximum absolute atomic E-state index is 12.0. The molecule has 1 aromatic carbocycles. The lowest BCUT2D eigenvalue weighted by Crippen LogP contribution is -2.50. The van der Waals surface area contributed by atoms with Gasteiger partial charge in [-0.05, 0) is 31.5 Å². The topological polar surface area (TPSA) is 76.7 Å². The van der Waals surface area contributed by atoms with Gasteiger partial charge in [0.15, 0.2) is 11.5 Å². The van der Waals surface area contributed by atoms with Gasteiger partial charge in [-0.3, -0.25) is 4.79 Å². The Morgan fingerprint density at radius 1 is 1.33 bits per heavy atom. The molecular weight excluding hydrogens is 308 g/mol. The summed E-state index contributed by atoms with van der Waals surface area (Å²) in [6.07, 6.45) is 1.65. The predicted molar refractivity (Wildman–Crippen MR) is 91.0 cm³/mol. The van der Waals surface area contributed by atoms with Gasteiger partial charge in [0.25, 0.3) is 0 Å². The highest BCUT2D eigenvalue weighted by Crippen LogP contribution is 2.35. The zero-order valence-electron chi connectivity index (χ0n) is 13.9. The Morgan fingerprint density at radius 3 is 2.71 bits per heavy atom. The van der Waals surface area contributed by atoms with Crippen LogP contribution in [0.2, 0.25) is 0 Å². The summed E-state index contributed by atoms with van der Waals surface area (Å²) in [5, 5.41) is 5.34. The van der Waals surface area contributed by atoms with Gasteiger partial charge < -0.3 is 20.1 Å². The van der Waals surface area contributed by atoms with Crippen LogP contribution in [0.25, 0.3) is 0 Å². The van der Waals surface area contributed by atoms with E-state index in [1.165, 1.54) is 6.92 Å². The average molecular weight is 330 g/mol. The minimum Gasteiger partial charge on any atom is -0.490 e. The standard InChI is InChI=1S/C18H22N2O4/c1-5-9-24-14-8-7-13(10-15(14)23-6-2)17-16(12(4)21)11(3)19-18(22)20-17/h5,7-8,10,16-17H,1,3,6,9H2,2,4H3,(H2,19,20,22)/t16-,17-/m0/s1. The number of amides is 2. The van der Waals surface area contributed by atoms with E-state index in [0.717, 1.165) is 5.56 Å². The predicted octanol–water partition coefficient (Wildman–Crippen LogP) is 2.72. The maximum Gasteiger partial charge on any atom is 0.319 e. The van der Waals surface area contributed by atoms with Gasteiger partial charge in [-0.2, -0.15) is 0 Å². The number of ketones is 1. The molecule has 0 saturated carbocycles. The van der Waals surface area contributed by atoms with Crippen molar-refractivity contribution in [2.24, 2.45) is 5.92 Å². The van der Waals surface area contributed by atoms with Gasteiger partial charge >= 0.3 is 6.03 Å². The smallest absolute Gasteiger partial charge is 0.319 e. The number of nitrogens with one attached hydrogen (secondary N) is 2. The van der Waals surface area contributed by atoms with Crippen molar-refractivity contribution in [2.45, 2.75) is 19.9 Å². The molecule has 2 rings (SSSR count). The molecule has 0 radical (unpaired) electrons. The second-order valence-electron chi connectivity index (χ2n) is 5.43. The van der Waals surface area contributed by atoms with E-state index in [2.05, 4.69) is 23.8 Å². The van der Waals surface area contributed by atoms with Crippen molar-refractivity contribution in [3.05, 3.63) is 48.7 Å². The van der Waals surface area contributed by atoms with Crippen LogP contribution in [0.5, 0.6) is 11.5 Å². The zero-order valence-corrected chi connectivity index (χ0v) is 13.9. The fourth-order valence-electron chi connectivity index (χ4n) is 2.70. The second-order valence-corrected chi connectivity index (χ2v) is 5.43. The first-order valence-corrected chi connectivity index (χ1v) is 7.75. The highest BCUT2D eigenvalue weighted by atomic mass is 16.5. The van der Waals surface area contributed by atoms with Crippen molar-refractivity contribution >= 4 is 11.8 Å². The lowest BCUT2D eigenvalue weighted by Gasteiger charge is -2.33. The summed E-state index contributed by atoms with van der Waals surface area (Å²) >= 11 is 0. The first-order chi connectivity index (χ1) is 11.5. The SMILES string of the molecule is C=CCOc1ccc([C@@H]2NC(=O)NC(=C)[C@H]2C(C)=O)cc1OCC. The number of rotatable bonds is 7. The first kappa shape index (κ1) is 17.6. The zero-order chi connectivity index (χ0) is 17.7. The van der Waals surface area contributed by atoms with Gasteiger partial charge in [-0.1, -0.05) is 25.3 Å². The number of hydrogen-bond acceptors (Lipinski definition) is 4. The first-order valence-electron chi connectivity index (χ1n) is 7.75. The van der Waals surface area contributed by atoms with E-state index in [4.69, 9.17) is 9.47 Å². The molecule has 128 valence electrons. The Morgan fingerprint density at radius 2 is 2.08 bits per heavy atom. The summed E-state index contributed by atoms with van der Waals surface area (Å²) in [4.78, 5) is 23.8. The van der Waals surface area contributed by atoms with Crippen LogP contribution in [0.3, 0.4) is 0 Å². The molecule has 2 N–H and O–H groups in total. The highest BCUT2D eigenvalue weighted by molar-refractivity contribution is 5.88. The van der Waals surface area contributed by atoms with Crippen LogP contribution >= 0.6 is 0 Å². The van der Waals surface area contributed by atoms with Crippen molar-refractivity contribution in [2.75, 3.05) is 13.2 Å². The number of carbonyl (C=O) groups is 2. The monoisotopic (exact) mass is 330 g/mol. The molecule has 2 atom stereocenters. The van der Waals surface area contributed by atoms with Crippen LogP contribution in [0, 0.1) is 5.92 Å². The molecule has 1 heterocycles. The quantitative estimate of drug-likeness (QED) is 0.754. The molecule has 24 heavy (non-hydrogen) atoms. The van der Waals surface area contributed by atoms with Crippen molar-refractivity contribution in [3.63, 3.8) is 0 Å². The van der Waals surface area contributed by atoms with Crippen LogP contribution in [-0.4, -0.2) is 25.0 Å². The number of Topliss-reactive ketones (excluding diaryl/α,β-unsaturated/α-hetero) is 1. The molecule has 1 aromatic rings. The minimum absolute atomic E-state index is 0.0811. The number of benzene rings is 1. The third-order valence-corrected chi connectivity index (χ3v) is 3.69. The number of ether oxygens (including phenoxy) is 2. The molecule has 6 nitrogen and oxygen atoms in total. The second kappa shape index (κ2) is 7.68. The normalized spacial score (nSPS) is 19.9. The molecule has 0 bridgehead atoms. The van der Waals surface area contributed by atoms with Gasteiger partial charge in [0.2, 0.25) is 0 Å². The Labute approximate surface area is 141 Å². The molecule has 1 saturated heterocycles. The molecule has 0 aromatic heterocycles. The Hall–Kier alpha value is -2.76. The molecule has 6 heteroatoms. The van der Waals surface area contributed by atoms with Crippen LogP contribution in [0.4, 0.5) is 4.79 Å². The Balaban J connectivity index is 2.39. The lowest BCUT2D eigenvalue weighted by atomic mass is 9.86. The third-order valence-electron chi connectivity index (χ3n) is 3.69. The molecule has 0 spiro atoms. The molecule has 0 unspecified atom stereocenters. The van der Waals surface area contributed by atoms with Crippen LogP contribution < -0.4 is 20.1 Å². The van der Waals surface area contributed by atoms with Gasteiger partial charge in [0.1, 0.15) is 12.4 Å². The van der Waals surface area contributed by atoms with Crippen LogP contribution in [-0.2, 0) is 4.79 Å². The minimum atomic E-state index is -0.544. The van der Waals surface area contributed by atoms with Crippen LogP contribution in [0.1, 0.15) is 25.5 Å². The van der Waals surface area contributed by atoms with Crippen molar-refractivity contribution < 1.29 is 19.1 Å². The number of hydrogen-bond donors (Lipinski definition) is 2. The summed E-state index contributed by atoms with van der Waals surface area (Å²) in [6, 6.07) is 4.46. The fraction of sp³-hybridized carbons (Fsp3) is 0.333. The van der Waals surface area contributed by atoms with E-state index in [-0.39, 0.29) is 11.8 Å². The van der Waals surface area contributed by atoms with Crippen molar-refractivity contribution in [3.8, 4) is 11.5 Å². The number of urea groups is 1. The van der Waals surface area contributed by atoms with E-state index < -0.39 is 12.0 Å². The summed E-state index contributed by atoms with van der Waals surface area (Å²) in [5.41, 5.74) is 1.14. The largest absolute Gasteiger partial charge is 0.490 e. The van der Waals surface area contributed by atoms with E-state index in [1.54, 1.807) is 24.3 Å². The van der Waals surface area contributed by atoms with Crippen molar-refractivity contribution in [1.29, 1.82) is 0 Å². The lowest BCUT2D eigenvalue weighted by molar-refractivity contribution is -0.120. The summed E-state index contributed by atoms with van der Waals surface area (Å²) < 4.78 is 11.2. The van der Waals surface area contributed by atoms with Gasteiger partial charge in [-0.15, -0.1) is 0 Å². The third kappa shape index (κ3) is 3.76. The van der Waals surface area contributed by atoms with Gasteiger partial charge in [0.05, 0.1) is 18.6 Å². The van der Waals surface area contributed by atoms with Gasteiger partial charge in [-0.25, -0.2) is 4.79 Å². The fourth-order valence-corrected chi connectivity index (χ4v) is 2.70. The summed E-state index contributed by atoms with van der Waals surface area (Å²) in [5.74, 6) is 0.510. The number of carbonyl (C=O) groups excluding carboxylic acids is 2. The van der Waals surface area contributed by atoms with E-state index in [0.29, 0.717) is 30.4 Å². The molecule has 0 aliphatic carbocycles. The molecule has 1 aliphatic heterocycles.